The first kappa shape index (κ1) is 18.8. The van der Waals surface area contributed by atoms with E-state index in [1.807, 2.05) is 36.4 Å². The Kier molecular flexibility index (Phi) is 6.30. The van der Waals surface area contributed by atoms with Gasteiger partial charge in [0.1, 0.15) is 5.75 Å². The molecule has 1 aliphatic carbocycles. The first-order valence-electron chi connectivity index (χ1n) is 9.16. The summed E-state index contributed by atoms with van der Waals surface area (Å²) < 4.78 is 5.11. The van der Waals surface area contributed by atoms with Gasteiger partial charge in [-0.05, 0) is 54.2 Å². The maximum Gasteiger partial charge on any atom is 0.319 e. The normalized spacial score (nSPS) is 12.9. The number of hydrogen-bond acceptors (Lipinski definition) is 3. The fraction of sp³-hybridized carbons (Fsp3) is 0.333. The summed E-state index contributed by atoms with van der Waals surface area (Å²) in [4.78, 5) is 23.9. The summed E-state index contributed by atoms with van der Waals surface area (Å²) in [6.45, 7) is 1.21. The van der Waals surface area contributed by atoms with Gasteiger partial charge in [0, 0.05) is 18.8 Å². The van der Waals surface area contributed by atoms with E-state index < -0.39 is 0 Å². The lowest BCUT2D eigenvalue weighted by Gasteiger charge is -2.09. The molecule has 0 aromatic heterocycles. The Morgan fingerprint density at radius 1 is 0.963 bits per heavy atom. The minimum atomic E-state index is -0.277. The van der Waals surface area contributed by atoms with Crippen LogP contribution in [0.15, 0.2) is 48.5 Å². The van der Waals surface area contributed by atoms with Crippen LogP contribution in [0.2, 0.25) is 0 Å². The molecule has 2 aromatic carbocycles. The third-order valence-corrected chi connectivity index (χ3v) is 4.47. The number of carbonyl (C=O) groups is 2. The van der Waals surface area contributed by atoms with Crippen LogP contribution in [0.5, 0.6) is 5.75 Å². The van der Waals surface area contributed by atoms with Crippen LogP contribution in [-0.2, 0) is 17.8 Å². The molecule has 0 aliphatic heterocycles. The third-order valence-electron chi connectivity index (χ3n) is 4.47. The molecule has 1 aliphatic rings. The number of nitrogens with one attached hydrogen (secondary N) is 3. The van der Waals surface area contributed by atoms with E-state index in [4.69, 9.17) is 4.74 Å². The number of methoxy groups -OCH3 is 1. The smallest absolute Gasteiger partial charge is 0.319 e. The molecule has 0 radical (unpaired) electrons. The average molecular weight is 367 g/mol. The zero-order chi connectivity index (χ0) is 19.1. The maximum absolute atomic E-state index is 12.0. The quantitative estimate of drug-likeness (QED) is 0.671. The summed E-state index contributed by atoms with van der Waals surface area (Å²) in [6, 6.07) is 14.6. The number of benzene rings is 2. The summed E-state index contributed by atoms with van der Waals surface area (Å²) in [5, 5.41) is 8.55. The van der Waals surface area contributed by atoms with Gasteiger partial charge >= 0.3 is 6.03 Å². The van der Waals surface area contributed by atoms with Crippen LogP contribution in [0.1, 0.15) is 24.0 Å². The molecule has 142 valence electrons. The predicted molar refractivity (Wildman–Crippen MR) is 105 cm³/mol. The first-order chi connectivity index (χ1) is 13.1. The lowest BCUT2D eigenvalue weighted by molar-refractivity contribution is -0.120. The Morgan fingerprint density at radius 3 is 2.26 bits per heavy atom. The molecule has 3 N–H and O–H groups in total. The van der Waals surface area contributed by atoms with Gasteiger partial charge in [0.2, 0.25) is 5.91 Å². The van der Waals surface area contributed by atoms with E-state index >= 15 is 0 Å². The molecule has 3 amide bonds. The van der Waals surface area contributed by atoms with Crippen molar-refractivity contribution in [2.75, 3.05) is 19.0 Å². The fourth-order valence-corrected chi connectivity index (χ4v) is 2.63. The number of hydrogen-bond donors (Lipinski definition) is 3. The SMILES string of the molecule is COc1ccc(CNC(=O)Nc2ccc(CC(=O)NCC3CC3)cc2)cc1. The van der Waals surface area contributed by atoms with E-state index in [-0.39, 0.29) is 11.9 Å². The summed E-state index contributed by atoms with van der Waals surface area (Å²) in [5.41, 5.74) is 2.59. The van der Waals surface area contributed by atoms with Gasteiger partial charge in [-0.1, -0.05) is 24.3 Å². The van der Waals surface area contributed by atoms with Gasteiger partial charge in [-0.2, -0.15) is 0 Å². The second kappa shape index (κ2) is 9.07. The Bertz CT molecular complexity index is 768. The summed E-state index contributed by atoms with van der Waals surface area (Å²) in [6.07, 6.45) is 2.80. The lowest BCUT2D eigenvalue weighted by Crippen LogP contribution is -2.28. The maximum atomic E-state index is 12.0. The van der Waals surface area contributed by atoms with Gasteiger partial charge < -0.3 is 20.7 Å². The van der Waals surface area contributed by atoms with E-state index in [0.29, 0.717) is 24.6 Å². The van der Waals surface area contributed by atoms with E-state index in [1.165, 1.54) is 12.8 Å². The van der Waals surface area contributed by atoms with Gasteiger partial charge in [-0.3, -0.25) is 4.79 Å². The largest absolute Gasteiger partial charge is 0.497 e. The zero-order valence-corrected chi connectivity index (χ0v) is 15.5. The van der Waals surface area contributed by atoms with Gasteiger partial charge in [0.05, 0.1) is 13.5 Å². The molecule has 6 nitrogen and oxygen atoms in total. The molecular weight excluding hydrogens is 342 g/mol. The van der Waals surface area contributed by atoms with Crippen molar-refractivity contribution >= 4 is 17.6 Å². The van der Waals surface area contributed by atoms with Gasteiger partial charge in [-0.25, -0.2) is 4.79 Å². The predicted octanol–water partition coefficient (Wildman–Crippen LogP) is 3.09. The third kappa shape index (κ3) is 6.33. The Morgan fingerprint density at radius 2 is 1.63 bits per heavy atom. The van der Waals surface area contributed by atoms with Crippen LogP contribution in [0.3, 0.4) is 0 Å². The number of rotatable bonds is 8. The van der Waals surface area contributed by atoms with Crippen molar-refractivity contribution in [1.29, 1.82) is 0 Å². The standard InChI is InChI=1S/C21H25N3O3/c1-27-19-10-6-17(7-11-19)14-23-21(26)24-18-8-4-15(5-9-18)12-20(25)22-13-16-2-3-16/h4-11,16H,2-3,12-14H2,1H3,(H,22,25)(H2,23,24,26). The topological polar surface area (TPSA) is 79.5 Å². The van der Waals surface area contributed by atoms with Crippen molar-refractivity contribution in [3.05, 3.63) is 59.7 Å². The Hall–Kier alpha value is -3.02. The Labute approximate surface area is 159 Å². The van der Waals surface area contributed by atoms with Crippen molar-refractivity contribution in [3.8, 4) is 5.75 Å². The number of amides is 3. The molecule has 1 saturated carbocycles. The van der Waals surface area contributed by atoms with Crippen molar-refractivity contribution in [2.24, 2.45) is 5.92 Å². The monoisotopic (exact) mass is 367 g/mol. The number of anilines is 1. The molecule has 3 rings (SSSR count). The van der Waals surface area contributed by atoms with Crippen LogP contribution in [0.25, 0.3) is 0 Å². The van der Waals surface area contributed by atoms with Crippen LogP contribution in [0.4, 0.5) is 10.5 Å². The molecule has 1 fully saturated rings. The fourth-order valence-electron chi connectivity index (χ4n) is 2.63. The zero-order valence-electron chi connectivity index (χ0n) is 15.5. The van der Waals surface area contributed by atoms with Crippen molar-refractivity contribution in [3.63, 3.8) is 0 Å². The van der Waals surface area contributed by atoms with E-state index in [9.17, 15) is 9.59 Å². The number of carbonyl (C=O) groups excluding carboxylic acids is 2. The number of urea groups is 1. The van der Waals surface area contributed by atoms with E-state index in [1.54, 1.807) is 19.2 Å². The summed E-state index contributed by atoms with van der Waals surface area (Å²) >= 11 is 0. The van der Waals surface area contributed by atoms with Crippen LogP contribution in [-0.4, -0.2) is 25.6 Å². The molecule has 0 unspecified atom stereocenters. The van der Waals surface area contributed by atoms with Crippen LogP contribution in [0, 0.1) is 5.92 Å². The minimum Gasteiger partial charge on any atom is -0.497 e. The molecule has 2 aromatic rings. The molecule has 0 bridgehead atoms. The molecule has 0 heterocycles. The highest BCUT2D eigenvalue weighted by atomic mass is 16.5. The van der Waals surface area contributed by atoms with Crippen molar-refractivity contribution < 1.29 is 14.3 Å². The molecule has 0 spiro atoms. The van der Waals surface area contributed by atoms with Gasteiger partial charge in [0.25, 0.3) is 0 Å². The highest BCUT2D eigenvalue weighted by Crippen LogP contribution is 2.27. The van der Waals surface area contributed by atoms with Crippen molar-refractivity contribution in [1.82, 2.24) is 10.6 Å². The van der Waals surface area contributed by atoms with Crippen LogP contribution < -0.4 is 20.7 Å². The summed E-state index contributed by atoms with van der Waals surface area (Å²) in [7, 11) is 1.62. The van der Waals surface area contributed by atoms with Crippen LogP contribution >= 0.6 is 0 Å². The first-order valence-corrected chi connectivity index (χ1v) is 9.16. The highest BCUT2D eigenvalue weighted by molar-refractivity contribution is 5.89. The second-order valence-corrected chi connectivity index (χ2v) is 6.78. The highest BCUT2D eigenvalue weighted by Gasteiger charge is 2.21. The average Bonchev–Trinajstić information content (AvgIpc) is 3.51. The summed E-state index contributed by atoms with van der Waals surface area (Å²) in [5.74, 6) is 1.50. The molecule has 6 heteroatoms. The molecule has 0 atom stereocenters. The molecular formula is C21H25N3O3. The Balaban J connectivity index is 1.41. The molecule has 0 saturated heterocycles. The van der Waals surface area contributed by atoms with Gasteiger partial charge in [-0.15, -0.1) is 0 Å². The number of ether oxygens (including phenoxy) is 1. The van der Waals surface area contributed by atoms with E-state index in [0.717, 1.165) is 23.4 Å². The molecule has 27 heavy (non-hydrogen) atoms. The van der Waals surface area contributed by atoms with Gasteiger partial charge in [0.15, 0.2) is 0 Å². The second-order valence-electron chi connectivity index (χ2n) is 6.78. The lowest BCUT2D eigenvalue weighted by atomic mass is 10.1. The van der Waals surface area contributed by atoms with Crippen molar-refractivity contribution in [2.45, 2.75) is 25.8 Å². The minimum absolute atomic E-state index is 0.0415. The van der Waals surface area contributed by atoms with E-state index in [2.05, 4.69) is 16.0 Å².